The van der Waals surface area contributed by atoms with Crippen molar-refractivity contribution in [1.82, 2.24) is 10.4 Å². The van der Waals surface area contributed by atoms with Crippen LogP contribution in [0.4, 0.5) is 9.59 Å². The number of aliphatic hydroxyl groups excluding tert-OH is 1. The number of ether oxygens (including phenoxy) is 2. The summed E-state index contributed by atoms with van der Waals surface area (Å²) in [5, 5.41) is 15.5. The van der Waals surface area contributed by atoms with E-state index in [-0.39, 0.29) is 5.71 Å². The van der Waals surface area contributed by atoms with Crippen molar-refractivity contribution in [1.29, 1.82) is 0 Å². The highest BCUT2D eigenvalue weighted by Crippen LogP contribution is 2.38. The van der Waals surface area contributed by atoms with Gasteiger partial charge in [-0.25, -0.2) is 15.0 Å². The van der Waals surface area contributed by atoms with Gasteiger partial charge in [-0.3, -0.25) is 0 Å². The highest BCUT2D eigenvalue weighted by atomic mass is 16.7. The molecule has 2 rings (SSSR count). The van der Waals surface area contributed by atoms with Crippen LogP contribution in [0.5, 0.6) is 0 Å². The van der Waals surface area contributed by atoms with Gasteiger partial charge in [0.25, 0.3) is 6.29 Å². The molecule has 2 unspecified atom stereocenters. The fourth-order valence-corrected chi connectivity index (χ4v) is 2.88. The smallest absolute Gasteiger partial charge is 0.430 e. The molecule has 0 aliphatic carbocycles. The van der Waals surface area contributed by atoms with Crippen LogP contribution in [0.25, 0.3) is 0 Å². The lowest BCUT2D eigenvalue weighted by atomic mass is 9.84. The van der Waals surface area contributed by atoms with Crippen molar-refractivity contribution in [2.24, 2.45) is 5.16 Å². The fourth-order valence-electron chi connectivity index (χ4n) is 2.88. The number of hydrazine groups is 1. The molecule has 0 radical (unpaired) electrons. The van der Waals surface area contributed by atoms with Gasteiger partial charge in [0, 0.05) is 0 Å². The normalized spacial score (nSPS) is 21.7. The molecule has 0 spiro atoms. The summed E-state index contributed by atoms with van der Waals surface area (Å²) in [6.07, 6.45) is -3.40. The number of aliphatic hydroxyl groups is 1. The number of benzene rings is 1. The third kappa shape index (κ3) is 4.97. The van der Waals surface area contributed by atoms with Gasteiger partial charge in [0.05, 0.1) is 5.71 Å². The molecule has 1 aromatic rings. The van der Waals surface area contributed by atoms with Crippen molar-refractivity contribution < 1.29 is 29.0 Å². The highest BCUT2D eigenvalue weighted by Gasteiger charge is 2.58. The second-order valence-corrected chi connectivity index (χ2v) is 8.70. The Morgan fingerprint density at radius 3 is 2.10 bits per heavy atom. The molecule has 9 nitrogen and oxygen atoms in total. The minimum atomic E-state index is -1.65. The maximum atomic E-state index is 13.1. The number of hydrogen-bond donors (Lipinski definition) is 2. The lowest BCUT2D eigenvalue weighted by Gasteiger charge is -2.41. The Hall–Kier alpha value is -2.81. The molecule has 29 heavy (non-hydrogen) atoms. The molecule has 2 atom stereocenters. The van der Waals surface area contributed by atoms with E-state index in [4.69, 9.17) is 14.3 Å². The van der Waals surface area contributed by atoms with Crippen LogP contribution in [0.1, 0.15) is 54.0 Å². The molecular formula is C20H29N3O6. The summed E-state index contributed by atoms with van der Waals surface area (Å²) in [7, 11) is 0. The Balaban J connectivity index is 2.58. The first-order valence-corrected chi connectivity index (χ1v) is 9.25. The summed E-state index contributed by atoms with van der Waals surface area (Å²) in [4.78, 5) is 30.7. The predicted molar refractivity (Wildman–Crippen MR) is 106 cm³/mol. The monoisotopic (exact) mass is 407 g/mol. The number of oxime groups is 1. The first-order chi connectivity index (χ1) is 13.3. The van der Waals surface area contributed by atoms with Crippen molar-refractivity contribution in [3.8, 4) is 0 Å². The maximum absolute atomic E-state index is 13.1. The molecule has 0 saturated heterocycles. The number of carbonyl (C=O) groups excluding carboxylic acids is 2. The van der Waals surface area contributed by atoms with Crippen molar-refractivity contribution in [3.63, 3.8) is 0 Å². The van der Waals surface area contributed by atoms with Crippen molar-refractivity contribution in [3.05, 3.63) is 35.9 Å². The highest BCUT2D eigenvalue weighted by molar-refractivity contribution is 5.97. The van der Waals surface area contributed by atoms with Gasteiger partial charge in [-0.2, -0.15) is 5.01 Å². The molecule has 1 aromatic carbocycles. The topological polar surface area (TPSA) is 110 Å². The molecule has 0 saturated carbocycles. The Kier molecular flexibility index (Phi) is 6.13. The summed E-state index contributed by atoms with van der Waals surface area (Å²) >= 11 is 0. The van der Waals surface area contributed by atoms with E-state index in [1.165, 1.54) is 0 Å². The predicted octanol–water partition coefficient (Wildman–Crippen LogP) is 3.28. The van der Waals surface area contributed by atoms with Gasteiger partial charge in [-0.1, -0.05) is 35.5 Å². The van der Waals surface area contributed by atoms with Gasteiger partial charge in [-0.15, -0.1) is 0 Å². The Morgan fingerprint density at radius 1 is 1.10 bits per heavy atom. The SMILES string of the molecule is CC1=NOC(O)C1(c1ccccc1)N(NC(=O)OC(C)(C)C)C(=O)OC(C)(C)C. The second-order valence-electron chi connectivity index (χ2n) is 8.70. The Bertz CT molecular complexity index is 782. The van der Waals surface area contributed by atoms with Crippen LogP contribution in [0.2, 0.25) is 0 Å². The summed E-state index contributed by atoms with van der Waals surface area (Å²) in [6.45, 7) is 11.7. The van der Waals surface area contributed by atoms with Crippen LogP contribution >= 0.6 is 0 Å². The molecule has 1 heterocycles. The van der Waals surface area contributed by atoms with E-state index in [1.807, 2.05) is 0 Å². The van der Waals surface area contributed by atoms with E-state index in [2.05, 4.69) is 10.6 Å². The molecule has 2 N–H and O–H groups in total. The second kappa shape index (κ2) is 7.90. The zero-order valence-corrected chi connectivity index (χ0v) is 17.8. The van der Waals surface area contributed by atoms with Crippen LogP contribution in [0.15, 0.2) is 35.5 Å². The lowest BCUT2D eigenvalue weighted by Crippen LogP contribution is -2.65. The zero-order valence-electron chi connectivity index (χ0n) is 17.8. The van der Waals surface area contributed by atoms with E-state index in [0.29, 0.717) is 5.56 Å². The van der Waals surface area contributed by atoms with Gasteiger partial charge < -0.3 is 19.4 Å². The molecule has 9 heteroatoms. The van der Waals surface area contributed by atoms with Gasteiger partial charge in [-0.05, 0) is 54.0 Å². The Labute approximate surface area is 170 Å². The number of nitrogens with zero attached hydrogens (tertiary/aromatic N) is 2. The number of amides is 2. The van der Waals surface area contributed by atoms with E-state index in [0.717, 1.165) is 5.01 Å². The molecule has 1 aliphatic heterocycles. The maximum Gasteiger partial charge on any atom is 0.430 e. The quantitative estimate of drug-likeness (QED) is 0.728. The molecule has 160 valence electrons. The molecule has 1 aliphatic rings. The molecular weight excluding hydrogens is 378 g/mol. The molecule has 0 bridgehead atoms. The van der Waals surface area contributed by atoms with Crippen LogP contribution in [0, 0.1) is 0 Å². The summed E-state index contributed by atoms with van der Waals surface area (Å²) in [5.41, 5.74) is -0.194. The van der Waals surface area contributed by atoms with Gasteiger partial charge in [0.1, 0.15) is 11.2 Å². The van der Waals surface area contributed by atoms with Gasteiger partial charge in [0.2, 0.25) is 0 Å². The summed E-state index contributed by atoms with van der Waals surface area (Å²) in [6, 6.07) is 8.62. The van der Waals surface area contributed by atoms with Crippen LogP contribution in [-0.2, 0) is 19.9 Å². The standard InChI is InChI=1S/C20H29N3O6/c1-13-20(15(24)29-22-13,14-11-9-8-10-12-14)23(17(26)28-19(5,6)7)21-16(25)27-18(2,3)4/h8-12,15,24H,1-7H3,(H,21,25). The number of nitrogens with one attached hydrogen (secondary N) is 1. The molecule has 2 amide bonds. The van der Waals surface area contributed by atoms with Gasteiger partial charge in [0.15, 0.2) is 5.54 Å². The lowest BCUT2D eigenvalue weighted by molar-refractivity contribution is -0.152. The first kappa shape index (κ1) is 22.5. The number of carbonyl (C=O) groups is 2. The van der Waals surface area contributed by atoms with Crippen molar-refractivity contribution in [2.75, 3.05) is 0 Å². The van der Waals surface area contributed by atoms with E-state index >= 15 is 0 Å². The van der Waals surface area contributed by atoms with Gasteiger partial charge >= 0.3 is 12.2 Å². The molecule has 0 fully saturated rings. The average molecular weight is 407 g/mol. The first-order valence-electron chi connectivity index (χ1n) is 9.25. The van der Waals surface area contributed by atoms with Crippen LogP contribution in [0.3, 0.4) is 0 Å². The Morgan fingerprint density at radius 2 is 1.66 bits per heavy atom. The number of rotatable bonds is 2. The van der Waals surface area contributed by atoms with Crippen LogP contribution < -0.4 is 5.43 Å². The average Bonchev–Trinajstić information content (AvgIpc) is 2.86. The minimum absolute atomic E-state index is 0.248. The largest absolute Gasteiger partial charge is 0.443 e. The summed E-state index contributed by atoms with van der Waals surface area (Å²) < 4.78 is 10.8. The fraction of sp³-hybridized carbons (Fsp3) is 0.550. The number of hydrogen-bond acceptors (Lipinski definition) is 7. The third-order valence-electron chi connectivity index (χ3n) is 3.94. The van der Waals surface area contributed by atoms with Crippen molar-refractivity contribution in [2.45, 2.75) is 71.5 Å². The third-order valence-corrected chi connectivity index (χ3v) is 3.94. The summed E-state index contributed by atoms with van der Waals surface area (Å²) in [5.74, 6) is 0. The van der Waals surface area contributed by atoms with E-state index in [1.54, 1.807) is 78.8 Å². The van der Waals surface area contributed by atoms with Crippen LogP contribution in [-0.4, -0.2) is 45.5 Å². The van der Waals surface area contributed by atoms with Crippen molar-refractivity contribution >= 4 is 17.9 Å². The zero-order chi connectivity index (χ0) is 22.0. The van der Waals surface area contributed by atoms with E-state index < -0.39 is 35.2 Å². The van der Waals surface area contributed by atoms with E-state index in [9.17, 15) is 14.7 Å². The molecule has 0 aromatic heterocycles. The minimum Gasteiger partial charge on any atom is -0.443 e.